The van der Waals surface area contributed by atoms with Gasteiger partial charge in [0.15, 0.2) is 5.41 Å². The number of alkyl halides is 3. The fourth-order valence-electron chi connectivity index (χ4n) is 3.40. The molecule has 1 saturated heterocycles. The SMILES string of the molecule is Cn1ncc(CN2CCC(c3nc(-c4cccc(F)c4)no3)(C(F)(F)F)C2)n1. The lowest BCUT2D eigenvalue weighted by Gasteiger charge is -2.27. The van der Waals surface area contributed by atoms with E-state index in [1.165, 1.54) is 29.2 Å². The summed E-state index contributed by atoms with van der Waals surface area (Å²) in [6.07, 6.45) is -3.29. The van der Waals surface area contributed by atoms with Crippen molar-refractivity contribution in [2.75, 3.05) is 13.1 Å². The molecule has 3 aromatic rings. The molecular weight excluding hydrogens is 380 g/mol. The molecule has 0 spiro atoms. The number of halogens is 4. The van der Waals surface area contributed by atoms with Gasteiger partial charge in [-0.05, 0) is 18.6 Å². The minimum absolute atomic E-state index is 0.0782. The molecule has 28 heavy (non-hydrogen) atoms. The van der Waals surface area contributed by atoms with E-state index in [0.29, 0.717) is 5.69 Å². The van der Waals surface area contributed by atoms with E-state index >= 15 is 0 Å². The summed E-state index contributed by atoms with van der Waals surface area (Å²) in [4.78, 5) is 6.95. The lowest BCUT2D eigenvalue weighted by Crippen LogP contribution is -2.45. The van der Waals surface area contributed by atoms with Crippen molar-refractivity contribution in [2.24, 2.45) is 7.05 Å². The summed E-state index contributed by atoms with van der Waals surface area (Å²) in [6.45, 7) is 0.0855. The first-order chi connectivity index (χ1) is 13.3. The molecule has 2 aromatic heterocycles. The molecule has 0 amide bonds. The molecule has 148 valence electrons. The van der Waals surface area contributed by atoms with E-state index in [2.05, 4.69) is 20.3 Å². The summed E-state index contributed by atoms with van der Waals surface area (Å²) < 4.78 is 60.6. The topological polar surface area (TPSA) is 72.9 Å². The van der Waals surface area contributed by atoms with Gasteiger partial charge in [0.1, 0.15) is 5.82 Å². The predicted octanol–water partition coefficient (Wildman–Crippen LogP) is 2.71. The summed E-state index contributed by atoms with van der Waals surface area (Å²) in [6, 6.07) is 5.30. The van der Waals surface area contributed by atoms with Crippen molar-refractivity contribution in [3.8, 4) is 11.4 Å². The average molecular weight is 396 g/mol. The zero-order valence-corrected chi connectivity index (χ0v) is 14.8. The van der Waals surface area contributed by atoms with Gasteiger partial charge in [0.25, 0.3) is 0 Å². The van der Waals surface area contributed by atoms with Crippen LogP contribution < -0.4 is 0 Å². The van der Waals surface area contributed by atoms with Gasteiger partial charge in [-0.1, -0.05) is 17.3 Å². The van der Waals surface area contributed by atoms with Crippen LogP contribution in [0.2, 0.25) is 0 Å². The maximum Gasteiger partial charge on any atom is 0.404 e. The van der Waals surface area contributed by atoms with Crippen molar-refractivity contribution in [1.82, 2.24) is 30.0 Å². The molecule has 1 aliphatic rings. The molecule has 0 N–H and O–H groups in total. The molecule has 1 aliphatic heterocycles. The Hall–Kier alpha value is -2.82. The molecule has 0 saturated carbocycles. The number of hydrogen-bond acceptors (Lipinski definition) is 6. The lowest BCUT2D eigenvalue weighted by molar-refractivity contribution is -0.193. The maximum absolute atomic E-state index is 14.0. The van der Waals surface area contributed by atoms with Gasteiger partial charge in [-0.3, -0.25) is 4.90 Å². The van der Waals surface area contributed by atoms with Crippen LogP contribution in [0, 0.1) is 5.82 Å². The minimum atomic E-state index is -4.59. The van der Waals surface area contributed by atoms with Crippen LogP contribution in [0.5, 0.6) is 0 Å². The van der Waals surface area contributed by atoms with Gasteiger partial charge in [0, 0.05) is 32.2 Å². The van der Waals surface area contributed by atoms with Crippen LogP contribution in [0.15, 0.2) is 35.0 Å². The Bertz CT molecular complexity index is 984. The van der Waals surface area contributed by atoms with E-state index in [1.54, 1.807) is 11.9 Å². The smallest absolute Gasteiger partial charge is 0.338 e. The van der Waals surface area contributed by atoms with Crippen molar-refractivity contribution in [3.05, 3.63) is 47.9 Å². The van der Waals surface area contributed by atoms with Crippen molar-refractivity contribution in [1.29, 1.82) is 0 Å². The third-order valence-corrected chi connectivity index (χ3v) is 4.84. The molecule has 1 aromatic carbocycles. The lowest BCUT2D eigenvalue weighted by atomic mass is 9.86. The van der Waals surface area contributed by atoms with E-state index in [0.717, 1.165) is 6.07 Å². The summed E-state index contributed by atoms with van der Waals surface area (Å²) in [5.41, 5.74) is -1.46. The highest BCUT2D eigenvalue weighted by Gasteiger charge is 2.62. The molecule has 11 heteroatoms. The van der Waals surface area contributed by atoms with Crippen LogP contribution in [0.4, 0.5) is 17.6 Å². The van der Waals surface area contributed by atoms with E-state index < -0.39 is 23.3 Å². The Morgan fingerprint density at radius 2 is 2.11 bits per heavy atom. The van der Waals surface area contributed by atoms with Gasteiger partial charge >= 0.3 is 6.18 Å². The van der Waals surface area contributed by atoms with Crippen LogP contribution in [-0.2, 0) is 19.0 Å². The standard InChI is InChI=1S/C17H16F4N6O/c1-26-22-8-13(24-26)9-27-6-5-16(10-27,17(19,20)21)15-23-14(25-28-15)11-3-2-4-12(18)7-11/h2-4,7-8H,5-6,9-10H2,1H3. The van der Waals surface area contributed by atoms with Gasteiger partial charge in [-0.25, -0.2) is 4.39 Å². The number of rotatable bonds is 4. The summed E-state index contributed by atoms with van der Waals surface area (Å²) in [5.74, 6) is -1.13. The highest BCUT2D eigenvalue weighted by molar-refractivity contribution is 5.54. The number of nitrogens with zero attached hydrogens (tertiary/aromatic N) is 6. The van der Waals surface area contributed by atoms with E-state index in [1.807, 2.05) is 0 Å². The Morgan fingerprint density at radius 3 is 2.79 bits per heavy atom. The molecule has 4 rings (SSSR count). The predicted molar refractivity (Wildman–Crippen MR) is 88.3 cm³/mol. The third-order valence-electron chi connectivity index (χ3n) is 4.84. The van der Waals surface area contributed by atoms with E-state index in [-0.39, 0.29) is 37.4 Å². The van der Waals surface area contributed by atoms with Crippen LogP contribution in [0.3, 0.4) is 0 Å². The second-order valence-electron chi connectivity index (χ2n) is 6.80. The van der Waals surface area contributed by atoms with Gasteiger partial charge in [-0.2, -0.15) is 33.1 Å². The second kappa shape index (κ2) is 6.66. The van der Waals surface area contributed by atoms with E-state index in [4.69, 9.17) is 4.52 Å². The minimum Gasteiger partial charge on any atom is -0.338 e. The van der Waals surface area contributed by atoms with Crippen LogP contribution in [-0.4, -0.2) is 49.3 Å². The zero-order valence-electron chi connectivity index (χ0n) is 14.8. The number of aromatic nitrogens is 5. The van der Waals surface area contributed by atoms with Crippen molar-refractivity contribution < 1.29 is 22.1 Å². The molecule has 7 nitrogen and oxygen atoms in total. The van der Waals surface area contributed by atoms with Crippen molar-refractivity contribution in [3.63, 3.8) is 0 Å². The molecule has 1 atom stereocenters. The number of aryl methyl sites for hydroxylation is 1. The highest BCUT2D eigenvalue weighted by atomic mass is 19.4. The molecular formula is C17H16F4N6O. The first-order valence-corrected chi connectivity index (χ1v) is 8.51. The Morgan fingerprint density at radius 1 is 1.29 bits per heavy atom. The van der Waals surface area contributed by atoms with Crippen LogP contribution in [0.1, 0.15) is 18.0 Å². The summed E-state index contributed by atoms with van der Waals surface area (Å²) in [7, 11) is 1.64. The number of likely N-dealkylation sites (tertiary alicyclic amines) is 1. The first-order valence-electron chi connectivity index (χ1n) is 8.51. The second-order valence-corrected chi connectivity index (χ2v) is 6.80. The fraction of sp³-hybridized carbons (Fsp3) is 0.412. The third kappa shape index (κ3) is 3.26. The largest absolute Gasteiger partial charge is 0.404 e. The summed E-state index contributed by atoms with van der Waals surface area (Å²) >= 11 is 0. The normalized spacial score (nSPS) is 20.8. The number of benzene rings is 1. The molecule has 0 bridgehead atoms. The zero-order chi connectivity index (χ0) is 19.9. The van der Waals surface area contributed by atoms with Gasteiger partial charge in [-0.15, -0.1) is 0 Å². The van der Waals surface area contributed by atoms with Gasteiger partial charge in [0.05, 0.1) is 11.9 Å². The van der Waals surface area contributed by atoms with Gasteiger partial charge in [0.2, 0.25) is 11.7 Å². The first kappa shape index (κ1) is 18.5. The molecule has 3 heterocycles. The molecule has 1 fully saturated rings. The Balaban J connectivity index is 1.62. The van der Waals surface area contributed by atoms with Gasteiger partial charge < -0.3 is 4.52 Å². The fourth-order valence-corrected chi connectivity index (χ4v) is 3.40. The van der Waals surface area contributed by atoms with Crippen LogP contribution >= 0.6 is 0 Å². The molecule has 0 radical (unpaired) electrons. The van der Waals surface area contributed by atoms with Crippen LogP contribution in [0.25, 0.3) is 11.4 Å². The number of hydrogen-bond donors (Lipinski definition) is 0. The quantitative estimate of drug-likeness (QED) is 0.632. The van der Waals surface area contributed by atoms with Crippen molar-refractivity contribution >= 4 is 0 Å². The van der Waals surface area contributed by atoms with E-state index in [9.17, 15) is 17.6 Å². The molecule has 0 aliphatic carbocycles. The average Bonchev–Trinajstić information content (AvgIpc) is 3.34. The molecule has 1 unspecified atom stereocenters. The highest BCUT2D eigenvalue weighted by Crippen LogP contribution is 2.47. The summed E-state index contributed by atoms with van der Waals surface area (Å²) in [5, 5.41) is 11.7. The van der Waals surface area contributed by atoms with Crippen molar-refractivity contribution in [2.45, 2.75) is 24.6 Å². The monoisotopic (exact) mass is 396 g/mol. The maximum atomic E-state index is 14.0. The Labute approximate surface area is 156 Å². The Kier molecular flexibility index (Phi) is 4.41.